The van der Waals surface area contributed by atoms with Gasteiger partial charge in [0.15, 0.2) is 0 Å². The molecule has 8 rings (SSSR count). The maximum absolute atomic E-state index is 6.00. The highest BCUT2D eigenvalue weighted by molar-refractivity contribution is 6.30. The Morgan fingerprint density at radius 1 is 0.517 bits per heavy atom. The molecule has 0 bridgehead atoms. The lowest BCUT2D eigenvalue weighted by Crippen LogP contribution is -2.49. The van der Waals surface area contributed by atoms with Crippen LogP contribution in [0.25, 0.3) is 21.8 Å². The van der Waals surface area contributed by atoms with Crippen molar-refractivity contribution in [3.05, 3.63) is 130 Å². The second-order valence-corrected chi connectivity index (χ2v) is 19.2. The summed E-state index contributed by atoms with van der Waals surface area (Å²) in [6.45, 7) is 19.1. The maximum atomic E-state index is 6.00. The number of nitrogens with zero attached hydrogens (tertiary/aromatic N) is 4. The lowest BCUT2D eigenvalue weighted by Gasteiger charge is -2.37. The molecule has 2 fully saturated rings. The molecule has 0 aliphatic carbocycles. The average molecular weight is 846 g/mol. The monoisotopic (exact) mass is 844 g/mol. The fourth-order valence-corrected chi connectivity index (χ4v) is 8.61. The molecule has 2 aliphatic rings. The summed E-state index contributed by atoms with van der Waals surface area (Å²) in [7, 11) is 0. The SMILES string of the molecule is CC(C)(C)NC1CCN(c2cc(NCc3ccc(Cl)cc3)nc3ccccc23)CC1.CC(C)(C)NC1CCN(c2cc(NCc3ccc(Cl)cc3)nc3ccccc23)CC1. The van der Waals surface area contributed by atoms with Gasteiger partial charge in [-0.2, -0.15) is 0 Å². The maximum Gasteiger partial charge on any atom is 0.129 e. The van der Waals surface area contributed by atoms with Gasteiger partial charge in [-0.15, -0.1) is 0 Å². The Balaban J connectivity index is 0.000000181. The minimum Gasteiger partial charge on any atom is -0.371 e. The minimum absolute atomic E-state index is 0.162. The first-order chi connectivity index (χ1) is 28.7. The van der Waals surface area contributed by atoms with Crippen LogP contribution >= 0.6 is 23.2 Å². The zero-order chi connectivity index (χ0) is 42.3. The normalized spacial score (nSPS) is 15.5. The van der Waals surface area contributed by atoms with E-state index in [1.54, 1.807) is 0 Å². The number of anilines is 4. The molecule has 4 aromatic carbocycles. The highest BCUT2D eigenvalue weighted by Gasteiger charge is 2.26. The molecule has 60 heavy (non-hydrogen) atoms. The van der Waals surface area contributed by atoms with Crippen LogP contribution in [-0.2, 0) is 13.1 Å². The number of pyridine rings is 2. The van der Waals surface area contributed by atoms with Crippen LogP contribution in [0.4, 0.5) is 23.0 Å². The quantitative estimate of drug-likeness (QED) is 0.109. The first-order valence-electron chi connectivity index (χ1n) is 21.6. The third kappa shape index (κ3) is 12.3. The fourth-order valence-electron chi connectivity index (χ4n) is 8.36. The zero-order valence-corrected chi connectivity index (χ0v) is 37.7. The van der Waals surface area contributed by atoms with Gasteiger partial charge >= 0.3 is 0 Å². The Kier molecular flexibility index (Phi) is 14.1. The van der Waals surface area contributed by atoms with E-state index >= 15 is 0 Å². The third-order valence-electron chi connectivity index (χ3n) is 11.1. The van der Waals surface area contributed by atoms with Crippen molar-refractivity contribution >= 4 is 68.0 Å². The summed E-state index contributed by atoms with van der Waals surface area (Å²) in [4.78, 5) is 14.7. The van der Waals surface area contributed by atoms with Gasteiger partial charge in [0, 0.05) is 107 Å². The van der Waals surface area contributed by atoms with Crippen LogP contribution in [0.1, 0.15) is 78.4 Å². The number of rotatable bonds is 10. The van der Waals surface area contributed by atoms with Crippen molar-refractivity contribution < 1.29 is 0 Å². The molecule has 316 valence electrons. The molecule has 0 radical (unpaired) electrons. The standard InChI is InChI=1S/2C25H31ClN4/c2*1-25(2,3)29-20-12-14-30(15-13-20)23-16-24(28-22-7-5-4-6-21(22)23)27-17-18-8-10-19(26)11-9-18/h2*4-11,16,20,29H,12-15,17H2,1-3H3,(H,27,28). The molecule has 0 unspecified atom stereocenters. The average Bonchev–Trinajstić information content (AvgIpc) is 3.22. The lowest BCUT2D eigenvalue weighted by molar-refractivity contribution is 0.317. The van der Waals surface area contributed by atoms with E-state index in [0.29, 0.717) is 12.1 Å². The van der Waals surface area contributed by atoms with Crippen molar-refractivity contribution in [3.63, 3.8) is 0 Å². The predicted molar refractivity (Wildman–Crippen MR) is 257 cm³/mol. The largest absolute Gasteiger partial charge is 0.371 e. The Hall–Kier alpha value is -4.60. The van der Waals surface area contributed by atoms with Gasteiger partial charge in [-0.1, -0.05) is 83.9 Å². The molecular weight excluding hydrogens is 784 g/mol. The summed E-state index contributed by atoms with van der Waals surface area (Å²) in [5.74, 6) is 1.82. The van der Waals surface area contributed by atoms with Crippen molar-refractivity contribution in [1.82, 2.24) is 20.6 Å². The molecule has 0 saturated carbocycles. The van der Waals surface area contributed by atoms with Gasteiger partial charge in [0.2, 0.25) is 0 Å². The number of aromatic nitrogens is 2. The van der Waals surface area contributed by atoms with E-state index in [2.05, 4.69) is 133 Å². The van der Waals surface area contributed by atoms with Gasteiger partial charge in [0.05, 0.1) is 11.0 Å². The number of benzene rings is 4. The molecule has 0 spiro atoms. The van der Waals surface area contributed by atoms with E-state index in [1.807, 2.05) is 48.5 Å². The molecular formula is C50H62Cl2N8. The van der Waals surface area contributed by atoms with Crippen molar-refractivity contribution in [2.45, 2.75) is 103 Å². The molecule has 0 atom stereocenters. The van der Waals surface area contributed by atoms with E-state index in [4.69, 9.17) is 33.2 Å². The summed E-state index contributed by atoms with van der Waals surface area (Å²) in [6.07, 6.45) is 4.62. The molecule has 2 saturated heterocycles. The summed E-state index contributed by atoms with van der Waals surface area (Å²) in [6, 6.07) is 38.3. The first-order valence-corrected chi connectivity index (χ1v) is 22.3. The van der Waals surface area contributed by atoms with Crippen LogP contribution in [0.3, 0.4) is 0 Å². The topological polar surface area (TPSA) is 80.4 Å². The van der Waals surface area contributed by atoms with Crippen molar-refractivity contribution in [1.29, 1.82) is 0 Å². The van der Waals surface area contributed by atoms with Gasteiger partial charge < -0.3 is 31.1 Å². The number of fused-ring (bicyclic) bond motifs is 2. The third-order valence-corrected chi connectivity index (χ3v) is 11.6. The van der Waals surface area contributed by atoms with E-state index in [1.165, 1.54) is 33.3 Å². The Morgan fingerprint density at radius 3 is 1.22 bits per heavy atom. The number of para-hydroxylation sites is 2. The molecule has 4 N–H and O–H groups in total. The summed E-state index contributed by atoms with van der Waals surface area (Å²) < 4.78 is 0. The Bertz CT molecular complexity index is 2140. The molecule has 2 aliphatic heterocycles. The first kappa shape index (κ1) is 43.5. The van der Waals surface area contributed by atoms with Crippen molar-refractivity contribution in [2.75, 3.05) is 46.6 Å². The van der Waals surface area contributed by atoms with E-state index < -0.39 is 0 Å². The molecule has 2 aromatic heterocycles. The number of hydrogen-bond donors (Lipinski definition) is 4. The number of piperidine rings is 2. The molecule has 8 nitrogen and oxygen atoms in total. The summed E-state index contributed by atoms with van der Waals surface area (Å²) in [5.41, 5.74) is 7.30. The van der Waals surface area contributed by atoms with Gasteiger partial charge in [0.1, 0.15) is 11.6 Å². The molecule has 10 heteroatoms. The van der Waals surface area contributed by atoms with Crippen molar-refractivity contribution in [3.8, 4) is 0 Å². The van der Waals surface area contributed by atoms with Crippen LogP contribution in [0.5, 0.6) is 0 Å². The van der Waals surface area contributed by atoms with E-state index in [-0.39, 0.29) is 11.1 Å². The van der Waals surface area contributed by atoms with Gasteiger partial charge in [0.25, 0.3) is 0 Å². The molecule has 0 amide bonds. The second kappa shape index (κ2) is 19.4. The van der Waals surface area contributed by atoms with Gasteiger partial charge in [-0.25, -0.2) is 9.97 Å². The summed E-state index contributed by atoms with van der Waals surface area (Å²) >= 11 is 12.0. The summed E-state index contributed by atoms with van der Waals surface area (Å²) in [5, 5.41) is 18.5. The number of hydrogen-bond acceptors (Lipinski definition) is 8. The predicted octanol–water partition coefficient (Wildman–Crippen LogP) is 11.7. The number of nitrogens with one attached hydrogen (secondary N) is 4. The lowest BCUT2D eigenvalue weighted by atomic mass is 9.99. The van der Waals surface area contributed by atoms with E-state index in [0.717, 1.165) is 97.7 Å². The van der Waals surface area contributed by atoms with Crippen LogP contribution in [-0.4, -0.2) is 59.3 Å². The Morgan fingerprint density at radius 2 is 0.867 bits per heavy atom. The fraction of sp³-hybridized carbons (Fsp3) is 0.400. The second-order valence-electron chi connectivity index (χ2n) is 18.4. The van der Waals surface area contributed by atoms with Crippen LogP contribution in [0.2, 0.25) is 10.0 Å². The van der Waals surface area contributed by atoms with Gasteiger partial charge in [-0.3, -0.25) is 0 Å². The van der Waals surface area contributed by atoms with Crippen LogP contribution in [0.15, 0.2) is 109 Å². The smallest absolute Gasteiger partial charge is 0.129 e. The van der Waals surface area contributed by atoms with Crippen LogP contribution in [0, 0.1) is 0 Å². The van der Waals surface area contributed by atoms with Crippen LogP contribution < -0.4 is 31.1 Å². The minimum atomic E-state index is 0.162. The highest BCUT2D eigenvalue weighted by Crippen LogP contribution is 2.33. The zero-order valence-electron chi connectivity index (χ0n) is 36.2. The van der Waals surface area contributed by atoms with Crippen molar-refractivity contribution in [2.24, 2.45) is 0 Å². The highest BCUT2D eigenvalue weighted by atomic mass is 35.5. The number of halogens is 2. The Labute approximate surface area is 367 Å². The molecule has 6 aromatic rings. The van der Waals surface area contributed by atoms with Gasteiger partial charge in [-0.05, 0) is 115 Å². The molecule has 4 heterocycles. The van der Waals surface area contributed by atoms with E-state index in [9.17, 15) is 0 Å².